The van der Waals surface area contributed by atoms with E-state index in [1.165, 1.54) is 32.4 Å². The van der Waals surface area contributed by atoms with Crippen LogP contribution in [0.15, 0.2) is 47.6 Å². The van der Waals surface area contributed by atoms with Crippen molar-refractivity contribution in [2.45, 2.75) is 13.1 Å². The fourth-order valence-corrected chi connectivity index (χ4v) is 2.13. The second-order valence-corrected chi connectivity index (χ2v) is 4.92. The molecule has 2 aromatic carbocycles. The van der Waals surface area contributed by atoms with Crippen molar-refractivity contribution in [3.8, 4) is 11.5 Å². The van der Waals surface area contributed by atoms with Gasteiger partial charge in [-0.3, -0.25) is 5.43 Å². The molecule has 0 spiro atoms. The molecule has 0 radical (unpaired) electrons. The van der Waals surface area contributed by atoms with Crippen molar-refractivity contribution in [3.05, 3.63) is 53.6 Å². The van der Waals surface area contributed by atoms with Crippen LogP contribution < -0.4 is 14.9 Å². The van der Waals surface area contributed by atoms with E-state index in [9.17, 15) is 13.2 Å². The number of hydrogen-bond donors (Lipinski definition) is 1. The zero-order valence-electron chi connectivity index (χ0n) is 13.4. The average molecular weight is 338 g/mol. The molecule has 0 saturated heterocycles. The summed E-state index contributed by atoms with van der Waals surface area (Å²) in [7, 11) is 3.03. The molecule has 1 N–H and O–H groups in total. The van der Waals surface area contributed by atoms with Gasteiger partial charge in [-0.05, 0) is 31.2 Å². The first kappa shape index (κ1) is 17.7. The van der Waals surface area contributed by atoms with Crippen molar-refractivity contribution in [2.75, 3.05) is 19.6 Å². The molecule has 0 aliphatic heterocycles. The topological polar surface area (TPSA) is 42.8 Å². The Labute approximate surface area is 137 Å². The van der Waals surface area contributed by atoms with Crippen molar-refractivity contribution in [3.63, 3.8) is 0 Å². The molecule has 0 unspecified atom stereocenters. The van der Waals surface area contributed by atoms with Crippen molar-refractivity contribution >= 4 is 11.4 Å². The Morgan fingerprint density at radius 2 is 1.75 bits per heavy atom. The molecule has 0 amide bonds. The summed E-state index contributed by atoms with van der Waals surface area (Å²) >= 11 is 0. The van der Waals surface area contributed by atoms with Crippen LogP contribution in [0.25, 0.3) is 0 Å². The van der Waals surface area contributed by atoms with Gasteiger partial charge in [-0.2, -0.15) is 18.3 Å². The Hall–Kier alpha value is -2.70. The molecule has 4 nitrogen and oxygen atoms in total. The van der Waals surface area contributed by atoms with Crippen LogP contribution in [0.1, 0.15) is 18.1 Å². The van der Waals surface area contributed by atoms with E-state index in [1.54, 1.807) is 25.1 Å². The molecule has 0 bridgehead atoms. The lowest BCUT2D eigenvalue weighted by Gasteiger charge is -2.13. The third kappa shape index (κ3) is 3.98. The van der Waals surface area contributed by atoms with E-state index in [1.807, 2.05) is 0 Å². The molecule has 7 heteroatoms. The Balaban J connectivity index is 2.31. The van der Waals surface area contributed by atoms with Crippen LogP contribution in [0.5, 0.6) is 11.5 Å². The van der Waals surface area contributed by atoms with Crippen molar-refractivity contribution in [1.29, 1.82) is 0 Å². The lowest BCUT2D eigenvalue weighted by atomic mass is 10.1. The van der Waals surface area contributed by atoms with E-state index in [2.05, 4.69) is 10.5 Å². The SMILES string of the molecule is COc1ccc(/C(C)=N\Nc2ccccc2C(F)(F)F)c(OC)c1. The lowest BCUT2D eigenvalue weighted by Crippen LogP contribution is -2.09. The summed E-state index contributed by atoms with van der Waals surface area (Å²) in [5.74, 6) is 1.13. The minimum atomic E-state index is -4.45. The molecule has 0 aliphatic carbocycles. The molecule has 0 aliphatic rings. The summed E-state index contributed by atoms with van der Waals surface area (Å²) in [6, 6.07) is 10.3. The predicted molar refractivity (Wildman–Crippen MR) is 86.8 cm³/mol. The van der Waals surface area contributed by atoms with Crippen LogP contribution in [-0.2, 0) is 6.18 Å². The molecular weight excluding hydrogens is 321 g/mol. The van der Waals surface area contributed by atoms with Gasteiger partial charge in [-0.1, -0.05) is 12.1 Å². The van der Waals surface area contributed by atoms with Crippen molar-refractivity contribution in [1.82, 2.24) is 0 Å². The van der Waals surface area contributed by atoms with E-state index in [-0.39, 0.29) is 5.69 Å². The molecule has 0 aromatic heterocycles. The standard InChI is InChI=1S/C17H17F3N2O2/c1-11(13-9-8-12(23-2)10-16(13)24-3)21-22-15-7-5-4-6-14(15)17(18,19)20/h4-10,22H,1-3H3/b21-11-. The Bertz CT molecular complexity index is 743. The number of alkyl halides is 3. The first-order chi connectivity index (χ1) is 11.4. The van der Waals surface area contributed by atoms with Gasteiger partial charge in [0, 0.05) is 11.6 Å². The van der Waals surface area contributed by atoms with E-state index >= 15 is 0 Å². The first-order valence-electron chi connectivity index (χ1n) is 7.05. The highest BCUT2D eigenvalue weighted by molar-refractivity contribution is 6.01. The molecule has 2 rings (SSSR count). The number of anilines is 1. The van der Waals surface area contributed by atoms with Gasteiger partial charge in [-0.25, -0.2) is 0 Å². The smallest absolute Gasteiger partial charge is 0.418 e. The Morgan fingerprint density at radius 3 is 2.38 bits per heavy atom. The van der Waals surface area contributed by atoms with Gasteiger partial charge in [0.25, 0.3) is 0 Å². The van der Waals surface area contributed by atoms with Gasteiger partial charge < -0.3 is 9.47 Å². The molecule has 0 saturated carbocycles. The van der Waals surface area contributed by atoms with E-state index in [4.69, 9.17) is 9.47 Å². The van der Waals surface area contributed by atoms with E-state index < -0.39 is 11.7 Å². The largest absolute Gasteiger partial charge is 0.497 e. The second kappa shape index (κ2) is 7.25. The summed E-state index contributed by atoms with van der Waals surface area (Å²) < 4.78 is 49.3. The minimum Gasteiger partial charge on any atom is -0.497 e. The zero-order chi connectivity index (χ0) is 17.7. The summed E-state index contributed by atoms with van der Waals surface area (Å²) in [6.07, 6.45) is -4.45. The average Bonchev–Trinajstić information content (AvgIpc) is 2.58. The van der Waals surface area contributed by atoms with Crippen LogP contribution in [0.2, 0.25) is 0 Å². The molecular formula is C17H17F3N2O2. The summed E-state index contributed by atoms with van der Waals surface area (Å²) in [5.41, 5.74) is 2.72. The number of hydrazone groups is 1. The highest BCUT2D eigenvalue weighted by Crippen LogP contribution is 2.34. The monoisotopic (exact) mass is 338 g/mol. The highest BCUT2D eigenvalue weighted by atomic mass is 19.4. The van der Waals surface area contributed by atoms with Gasteiger partial charge in [0.2, 0.25) is 0 Å². The normalized spacial score (nSPS) is 12.0. The number of rotatable bonds is 5. The van der Waals surface area contributed by atoms with Gasteiger partial charge in [0.05, 0.1) is 31.2 Å². The maximum Gasteiger partial charge on any atom is 0.418 e. The summed E-state index contributed by atoms with van der Waals surface area (Å²) in [4.78, 5) is 0. The number of para-hydroxylation sites is 1. The molecule has 2 aromatic rings. The number of methoxy groups -OCH3 is 2. The van der Waals surface area contributed by atoms with Crippen molar-refractivity contribution < 1.29 is 22.6 Å². The van der Waals surface area contributed by atoms with Gasteiger partial charge in [0.1, 0.15) is 11.5 Å². The maximum atomic E-state index is 13.0. The van der Waals surface area contributed by atoms with E-state index in [0.717, 1.165) is 6.07 Å². The third-order valence-electron chi connectivity index (χ3n) is 3.38. The van der Waals surface area contributed by atoms with E-state index in [0.29, 0.717) is 22.8 Å². The van der Waals surface area contributed by atoms with Crippen LogP contribution in [0.3, 0.4) is 0 Å². The second-order valence-electron chi connectivity index (χ2n) is 4.92. The fourth-order valence-electron chi connectivity index (χ4n) is 2.13. The molecule has 0 fully saturated rings. The molecule has 24 heavy (non-hydrogen) atoms. The quantitative estimate of drug-likeness (QED) is 0.642. The number of benzene rings is 2. The van der Waals surface area contributed by atoms with Crippen LogP contribution in [-0.4, -0.2) is 19.9 Å². The highest BCUT2D eigenvalue weighted by Gasteiger charge is 2.33. The Morgan fingerprint density at radius 1 is 1.04 bits per heavy atom. The van der Waals surface area contributed by atoms with Crippen LogP contribution in [0, 0.1) is 0 Å². The van der Waals surface area contributed by atoms with Crippen molar-refractivity contribution in [2.24, 2.45) is 5.10 Å². The maximum absolute atomic E-state index is 13.0. The number of halogens is 3. The van der Waals surface area contributed by atoms with Gasteiger partial charge >= 0.3 is 6.18 Å². The summed E-state index contributed by atoms with van der Waals surface area (Å²) in [6.45, 7) is 1.67. The van der Waals surface area contributed by atoms with Crippen LogP contribution >= 0.6 is 0 Å². The predicted octanol–water partition coefficient (Wildman–Crippen LogP) is 4.56. The molecule has 128 valence electrons. The Kier molecular flexibility index (Phi) is 5.33. The number of nitrogens with one attached hydrogen (secondary N) is 1. The van der Waals surface area contributed by atoms with Gasteiger partial charge in [0.15, 0.2) is 0 Å². The number of hydrogen-bond acceptors (Lipinski definition) is 4. The lowest BCUT2D eigenvalue weighted by molar-refractivity contribution is -0.136. The zero-order valence-corrected chi connectivity index (χ0v) is 13.4. The molecule has 0 heterocycles. The fraction of sp³-hybridized carbons (Fsp3) is 0.235. The third-order valence-corrected chi connectivity index (χ3v) is 3.38. The number of ether oxygens (including phenoxy) is 2. The van der Waals surface area contributed by atoms with Crippen LogP contribution in [0.4, 0.5) is 18.9 Å². The first-order valence-corrected chi connectivity index (χ1v) is 7.05. The molecule has 0 atom stereocenters. The summed E-state index contributed by atoms with van der Waals surface area (Å²) in [5, 5.41) is 4.05. The minimum absolute atomic E-state index is 0.114. The number of nitrogens with zero attached hydrogens (tertiary/aromatic N) is 1. The van der Waals surface area contributed by atoms with Gasteiger partial charge in [-0.15, -0.1) is 0 Å².